The lowest BCUT2D eigenvalue weighted by Crippen LogP contribution is -2.41. The van der Waals surface area contributed by atoms with E-state index in [1.54, 1.807) is 0 Å². The molecule has 0 aliphatic rings. The second kappa shape index (κ2) is 6.96. The van der Waals surface area contributed by atoms with E-state index < -0.39 is 0 Å². The van der Waals surface area contributed by atoms with Gasteiger partial charge in [0.2, 0.25) is 11.8 Å². The second-order valence-electron chi connectivity index (χ2n) is 2.99. The highest BCUT2D eigenvalue weighted by Crippen LogP contribution is 1.94. The van der Waals surface area contributed by atoms with Crippen LogP contribution < -0.4 is 10.6 Å². The van der Waals surface area contributed by atoms with Crippen LogP contribution in [0.3, 0.4) is 0 Å². The van der Waals surface area contributed by atoms with Gasteiger partial charge in [-0.25, -0.2) is 0 Å². The first-order chi connectivity index (χ1) is 6.60. The van der Waals surface area contributed by atoms with Crippen molar-refractivity contribution in [2.75, 3.05) is 6.54 Å². The zero-order chi connectivity index (χ0) is 11.0. The Labute approximate surface area is 84.4 Å². The molecule has 0 saturated carbocycles. The first kappa shape index (κ1) is 12.5. The molecular formula is C10H16N2O2. The van der Waals surface area contributed by atoms with Crippen LogP contribution in [0.5, 0.6) is 0 Å². The average molecular weight is 196 g/mol. The van der Waals surface area contributed by atoms with Crippen LogP contribution in [0.15, 0.2) is 0 Å². The second-order valence-corrected chi connectivity index (χ2v) is 2.99. The third-order valence-electron chi connectivity index (χ3n) is 1.72. The fourth-order valence-corrected chi connectivity index (χ4v) is 0.923. The van der Waals surface area contributed by atoms with E-state index >= 15 is 0 Å². The Balaban J connectivity index is 3.80. The molecule has 0 aliphatic carbocycles. The molecule has 1 atom stereocenters. The molecule has 0 aliphatic heterocycles. The fourth-order valence-electron chi connectivity index (χ4n) is 0.923. The zero-order valence-electron chi connectivity index (χ0n) is 8.59. The summed E-state index contributed by atoms with van der Waals surface area (Å²) in [4.78, 5) is 21.7. The van der Waals surface area contributed by atoms with E-state index in [-0.39, 0.29) is 24.4 Å². The molecule has 2 N–H and O–H groups in total. The highest BCUT2D eigenvalue weighted by molar-refractivity contribution is 5.83. The number of terminal acetylenes is 1. The largest absolute Gasteiger partial charge is 0.351 e. The van der Waals surface area contributed by atoms with Crippen LogP contribution in [0, 0.1) is 12.3 Å². The monoisotopic (exact) mass is 196 g/mol. The van der Waals surface area contributed by atoms with Crippen LogP contribution in [0.25, 0.3) is 0 Å². The van der Waals surface area contributed by atoms with Gasteiger partial charge in [0, 0.05) is 19.4 Å². The van der Waals surface area contributed by atoms with Crippen molar-refractivity contribution >= 4 is 11.8 Å². The van der Waals surface area contributed by atoms with Crippen molar-refractivity contribution in [2.24, 2.45) is 0 Å². The Morgan fingerprint density at radius 2 is 2.14 bits per heavy atom. The van der Waals surface area contributed by atoms with Gasteiger partial charge in [-0.3, -0.25) is 9.59 Å². The molecule has 0 bridgehead atoms. The van der Waals surface area contributed by atoms with E-state index in [4.69, 9.17) is 6.42 Å². The van der Waals surface area contributed by atoms with E-state index in [1.807, 2.05) is 6.92 Å². The summed E-state index contributed by atoms with van der Waals surface area (Å²) in [6, 6.07) is 0.00116. The maximum absolute atomic E-state index is 11.2. The van der Waals surface area contributed by atoms with E-state index in [9.17, 15) is 9.59 Å². The summed E-state index contributed by atoms with van der Waals surface area (Å²) >= 11 is 0. The molecule has 0 aromatic heterocycles. The van der Waals surface area contributed by atoms with Crippen molar-refractivity contribution in [3.05, 3.63) is 0 Å². The molecule has 0 rings (SSSR count). The first-order valence-corrected chi connectivity index (χ1v) is 4.57. The summed E-state index contributed by atoms with van der Waals surface area (Å²) in [5, 5.41) is 5.14. The fraction of sp³-hybridized carbons (Fsp3) is 0.600. The summed E-state index contributed by atoms with van der Waals surface area (Å²) < 4.78 is 0. The van der Waals surface area contributed by atoms with Crippen molar-refractivity contribution in [3.8, 4) is 12.3 Å². The third kappa shape index (κ3) is 6.06. The smallest absolute Gasteiger partial charge is 0.239 e. The lowest BCUT2D eigenvalue weighted by atomic mass is 10.1. The van der Waals surface area contributed by atoms with Crippen LogP contribution in [0.4, 0.5) is 0 Å². The minimum atomic E-state index is -0.217. The number of hydrogen-bond acceptors (Lipinski definition) is 2. The van der Waals surface area contributed by atoms with Gasteiger partial charge >= 0.3 is 0 Å². The van der Waals surface area contributed by atoms with E-state index in [2.05, 4.69) is 16.6 Å². The molecule has 0 fully saturated rings. The molecule has 0 spiro atoms. The highest BCUT2D eigenvalue weighted by Gasteiger charge is 2.08. The van der Waals surface area contributed by atoms with Crippen LogP contribution >= 0.6 is 0 Å². The van der Waals surface area contributed by atoms with Gasteiger partial charge in [0.15, 0.2) is 0 Å². The molecule has 1 unspecified atom stereocenters. The molecule has 0 aromatic rings. The maximum atomic E-state index is 11.2. The Kier molecular flexibility index (Phi) is 6.21. The summed E-state index contributed by atoms with van der Waals surface area (Å²) in [7, 11) is 0. The minimum Gasteiger partial charge on any atom is -0.351 e. The quantitative estimate of drug-likeness (QED) is 0.610. The number of carbonyl (C=O) groups excluding carboxylic acids is 2. The van der Waals surface area contributed by atoms with E-state index in [1.165, 1.54) is 6.92 Å². The lowest BCUT2D eigenvalue weighted by Gasteiger charge is -2.13. The third-order valence-corrected chi connectivity index (χ3v) is 1.72. The Morgan fingerprint density at radius 3 is 2.57 bits per heavy atom. The summed E-state index contributed by atoms with van der Waals surface area (Å²) in [5.74, 6) is 2.06. The summed E-state index contributed by atoms with van der Waals surface area (Å²) in [6.07, 6.45) is 6.44. The number of rotatable bonds is 5. The van der Waals surface area contributed by atoms with Crippen molar-refractivity contribution in [3.63, 3.8) is 0 Å². The Hall–Kier alpha value is -1.50. The predicted octanol–water partition coefficient (Wildman–Crippen LogP) is 0.0406. The molecular weight excluding hydrogens is 180 g/mol. The normalized spacial score (nSPS) is 11.2. The minimum absolute atomic E-state index is 0.00116. The van der Waals surface area contributed by atoms with Crippen molar-refractivity contribution in [1.29, 1.82) is 0 Å². The number of amides is 2. The highest BCUT2D eigenvalue weighted by atomic mass is 16.2. The topological polar surface area (TPSA) is 58.2 Å². The number of nitrogens with one attached hydrogen (secondary N) is 2. The Morgan fingerprint density at radius 1 is 1.50 bits per heavy atom. The molecule has 4 nitrogen and oxygen atoms in total. The van der Waals surface area contributed by atoms with Gasteiger partial charge in [0.25, 0.3) is 0 Å². The first-order valence-electron chi connectivity index (χ1n) is 4.57. The summed E-state index contributed by atoms with van der Waals surface area (Å²) in [6.45, 7) is 3.32. The standard InChI is InChI=1S/C10H16N2O2/c1-4-6-9(5-2)12-10(14)7-11-8(3)13/h1,9H,5-7H2,2-3H3,(H,11,13)(H,12,14). The molecule has 0 saturated heterocycles. The van der Waals surface area contributed by atoms with Crippen molar-refractivity contribution in [1.82, 2.24) is 10.6 Å². The van der Waals surface area contributed by atoms with Gasteiger partial charge in [-0.05, 0) is 6.42 Å². The van der Waals surface area contributed by atoms with Gasteiger partial charge < -0.3 is 10.6 Å². The van der Waals surface area contributed by atoms with Crippen LogP contribution in [0.2, 0.25) is 0 Å². The molecule has 14 heavy (non-hydrogen) atoms. The zero-order valence-corrected chi connectivity index (χ0v) is 8.59. The van der Waals surface area contributed by atoms with Gasteiger partial charge in [0.05, 0.1) is 6.54 Å². The van der Waals surface area contributed by atoms with Crippen LogP contribution in [-0.2, 0) is 9.59 Å². The van der Waals surface area contributed by atoms with Gasteiger partial charge in [-0.1, -0.05) is 6.92 Å². The van der Waals surface area contributed by atoms with Crippen LogP contribution in [-0.4, -0.2) is 24.4 Å². The average Bonchev–Trinajstić information content (AvgIpc) is 2.14. The predicted molar refractivity (Wildman–Crippen MR) is 54.4 cm³/mol. The molecule has 4 heteroatoms. The van der Waals surface area contributed by atoms with E-state index in [0.717, 1.165) is 6.42 Å². The van der Waals surface area contributed by atoms with Gasteiger partial charge in [-0.15, -0.1) is 12.3 Å². The molecule has 0 heterocycles. The van der Waals surface area contributed by atoms with Gasteiger partial charge in [0.1, 0.15) is 0 Å². The van der Waals surface area contributed by atoms with Crippen molar-refractivity contribution in [2.45, 2.75) is 32.7 Å². The van der Waals surface area contributed by atoms with E-state index in [0.29, 0.717) is 6.42 Å². The summed E-state index contributed by atoms with van der Waals surface area (Å²) in [5.41, 5.74) is 0. The molecule has 0 radical (unpaired) electrons. The SMILES string of the molecule is C#CCC(CC)NC(=O)CNC(C)=O. The van der Waals surface area contributed by atoms with Crippen molar-refractivity contribution < 1.29 is 9.59 Å². The maximum Gasteiger partial charge on any atom is 0.239 e. The number of carbonyl (C=O) groups is 2. The number of hydrogen-bond donors (Lipinski definition) is 2. The lowest BCUT2D eigenvalue weighted by molar-refractivity contribution is -0.125. The molecule has 2 amide bonds. The van der Waals surface area contributed by atoms with Gasteiger partial charge in [-0.2, -0.15) is 0 Å². The Bertz CT molecular complexity index is 243. The molecule has 78 valence electrons. The molecule has 0 aromatic carbocycles. The van der Waals surface area contributed by atoms with Crippen LogP contribution in [0.1, 0.15) is 26.7 Å².